The van der Waals surface area contributed by atoms with Gasteiger partial charge in [0.15, 0.2) is 5.78 Å². The lowest BCUT2D eigenvalue weighted by atomic mass is 9.80. The summed E-state index contributed by atoms with van der Waals surface area (Å²) >= 11 is 0. The number of alkyl halides is 3. The van der Waals surface area contributed by atoms with Gasteiger partial charge in [-0.1, -0.05) is 24.3 Å². The Morgan fingerprint density at radius 2 is 1.79 bits per heavy atom. The van der Waals surface area contributed by atoms with Crippen LogP contribution in [0.4, 0.5) is 28.9 Å². The standard InChI is InChI=1S/C28H27F4N3O3/c29-25-12-9-20(17-33-25)24(36)6-3-13-27(14-15-38-18-27)26(37)34-16-19-7-10-21(11-8-19)35-23-5-2-1-4-22(23)28(30,31)32/h1-2,4-5,7-12,17,35H,3,6,13-16,18H2,(H,34,37)/t27-/m1/s1. The zero-order valence-corrected chi connectivity index (χ0v) is 20.5. The first kappa shape index (κ1) is 27.3. The number of carbonyl (C=O) groups excluding carboxylic acids is 2. The maximum atomic E-state index is 13.2. The second-order valence-corrected chi connectivity index (χ2v) is 9.28. The third-order valence-electron chi connectivity index (χ3n) is 6.61. The van der Waals surface area contributed by atoms with Crippen molar-refractivity contribution in [3.8, 4) is 0 Å². The molecule has 2 heterocycles. The van der Waals surface area contributed by atoms with Gasteiger partial charge in [0, 0.05) is 37.0 Å². The summed E-state index contributed by atoms with van der Waals surface area (Å²) in [4.78, 5) is 29.0. The molecule has 1 aliphatic heterocycles. The van der Waals surface area contributed by atoms with Crippen molar-refractivity contribution in [2.45, 2.75) is 38.4 Å². The summed E-state index contributed by atoms with van der Waals surface area (Å²) in [5.41, 5.74) is 0.0474. The highest BCUT2D eigenvalue weighted by Gasteiger charge is 2.41. The number of pyridine rings is 1. The number of halogens is 4. The Morgan fingerprint density at radius 3 is 2.45 bits per heavy atom. The number of hydrogen-bond donors (Lipinski definition) is 2. The average molecular weight is 530 g/mol. The van der Waals surface area contributed by atoms with Crippen molar-refractivity contribution >= 4 is 23.1 Å². The van der Waals surface area contributed by atoms with Gasteiger partial charge in [-0.3, -0.25) is 9.59 Å². The van der Waals surface area contributed by atoms with Crippen LogP contribution in [0.5, 0.6) is 0 Å². The molecule has 2 aromatic carbocycles. The maximum Gasteiger partial charge on any atom is 0.418 e. The molecule has 0 saturated carbocycles. The fourth-order valence-electron chi connectivity index (χ4n) is 4.44. The smallest absolute Gasteiger partial charge is 0.380 e. The van der Waals surface area contributed by atoms with Gasteiger partial charge in [0.25, 0.3) is 0 Å². The number of para-hydroxylation sites is 1. The minimum absolute atomic E-state index is 0.0431. The Kier molecular flexibility index (Phi) is 8.41. The maximum absolute atomic E-state index is 13.2. The largest absolute Gasteiger partial charge is 0.418 e. The number of ketones is 1. The monoisotopic (exact) mass is 529 g/mol. The van der Waals surface area contributed by atoms with E-state index in [9.17, 15) is 27.2 Å². The van der Waals surface area contributed by atoms with Gasteiger partial charge in [0.05, 0.1) is 23.3 Å². The first-order valence-corrected chi connectivity index (χ1v) is 12.2. The second-order valence-electron chi connectivity index (χ2n) is 9.28. The minimum Gasteiger partial charge on any atom is -0.380 e. The summed E-state index contributed by atoms with van der Waals surface area (Å²) in [5.74, 6) is -0.997. The molecule has 38 heavy (non-hydrogen) atoms. The molecule has 2 N–H and O–H groups in total. The molecule has 1 aromatic heterocycles. The van der Waals surface area contributed by atoms with Crippen LogP contribution in [0.3, 0.4) is 0 Å². The lowest BCUT2D eigenvalue weighted by Gasteiger charge is -2.26. The van der Waals surface area contributed by atoms with Crippen LogP contribution in [-0.4, -0.2) is 29.9 Å². The lowest BCUT2D eigenvalue weighted by molar-refractivity contribution is -0.137. The van der Waals surface area contributed by atoms with E-state index in [1.807, 2.05) is 0 Å². The Hall–Kier alpha value is -3.79. The average Bonchev–Trinajstić information content (AvgIpc) is 3.38. The van der Waals surface area contributed by atoms with E-state index in [-0.39, 0.29) is 37.0 Å². The molecule has 6 nitrogen and oxygen atoms in total. The van der Waals surface area contributed by atoms with Gasteiger partial charge in [-0.2, -0.15) is 17.6 Å². The summed E-state index contributed by atoms with van der Waals surface area (Å²) in [6.45, 7) is 0.940. The molecule has 0 radical (unpaired) electrons. The van der Waals surface area contributed by atoms with Crippen LogP contribution < -0.4 is 10.6 Å². The number of aromatic nitrogens is 1. The van der Waals surface area contributed by atoms with Crippen LogP contribution in [0.15, 0.2) is 66.9 Å². The van der Waals surface area contributed by atoms with E-state index in [0.29, 0.717) is 37.1 Å². The minimum atomic E-state index is -4.47. The van der Waals surface area contributed by atoms with Gasteiger partial charge in [-0.05, 0) is 61.2 Å². The highest BCUT2D eigenvalue weighted by Crippen LogP contribution is 2.36. The molecule has 10 heteroatoms. The molecule has 0 unspecified atom stereocenters. The topological polar surface area (TPSA) is 80.3 Å². The highest BCUT2D eigenvalue weighted by atomic mass is 19.4. The number of hydrogen-bond acceptors (Lipinski definition) is 5. The van der Waals surface area contributed by atoms with Crippen molar-refractivity contribution in [1.82, 2.24) is 10.3 Å². The van der Waals surface area contributed by atoms with E-state index in [4.69, 9.17) is 4.74 Å². The third kappa shape index (κ3) is 6.74. The fraction of sp³-hybridized carbons (Fsp3) is 0.321. The van der Waals surface area contributed by atoms with E-state index in [1.54, 1.807) is 24.3 Å². The summed E-state index contributed by atoms with van der Waals surface area (Å²) in [7, 11) is 0. The van der Waals surface area contributed by atoms with E-state index >= 15 is 0 Å². The van der Waals surface area contributed by atoms with Gasteiger partial charge in [-0.15, -0.1) is 0 Å². The zero-order chi connectivity index (χ0) is 27.2. The van der Waals surface area contributed by atoms with Crippen LogP contribution >= 0.6 is 0 Å². The Morgan fingerprint density at radius 1 is 1.03 bits per heavy atom. The van der Waals surface area contributed by atoms with E-state index in [0.717, 1.165) is 17.7 Å². The predicted molar refractivity (Wildman–Crippen MR) is 133 cm³/mol. The van der Waals surface area contributed by atoms with Crippen LogP contribution in [0, 0.1) is 11.4 Å². The molecular formula is C28H27F4N3O3. The molecule has 0 bridgehead atoms. The molecule has 200 valence electrons. The third-order valence-corrected chi connectivity index (χ3v) is 6.61. The Bertz CT molecular complexity index is 1260. The Balaban J connectivity index is 1.31. The SMILES string of the molecule is O=C(CCC[C@@]1(C(=O)NCc2ccc(Nc3ccccc3C(F)(F)F)cc2)CCOC1)c1ccc(F)nc1. The number of nitrogens with one attached hydrogen (secondary N) is 2. The number of benzene rings is 2. The summed E-state index contributed by atoms with van der Waals surface area (Å²) in [6.07, 6.45) is -1.61. The molecular weight excluding hydrogens is 502 g/mol. The van der Waals surface area contributed by atoms with Crippen molar-refractivity contribution < 1.29 is 31.9 Å². The van der Waals surface area contributed by atoms with Crippen molar-refractivity contribution in [3.05, 3.63) is 89.5 Å². The van der Waals surface area contributed by atoms with Crippen molar-refractivity contribution in [2.24, 2.45) is 5.41 Å². The molecule has 1 aliphatic rings. The lowest BCUT2D eigenvalue weighted by Crippen LogP contribution is -2.41. The van der Waals surface area contributed by atoms with Crippen LogP contribution in [-0.2, 0) is 22.3 Å². The highest BCUT2D eigenvalue weighted by molar-refractivity contribution is 5.95. The van der Waals surface area contributed by atoms with Crippen molar-refractivity contribution in [2.75, 3.05) is 18.5 Å². The number of carbonyl (C=O) groups is 2. The second kappa shape index (κ2) is 11.7. The molecule has 0 spiro atoms. The molecule has 1 fully saturated rings. The van der Waals surface area contributed by atoms with E-state index in [2.05, 4.69) is 15.6 Å². The summed E-state index contributed by atoms with van der Waals surface area (Å²) < 4.78 is 58.2. The van der Waals surface area contributed by atoms with Gasteiger partial charge in [0.2, 0.25) is 11.9 Å². The number of amides is 1. The van der Waals surface area contributed by atoms with E-state index in [1.165, 1.54) is 30.5 Å². The number of ether oxygens (including phenoxy) is 1. The number of Topliss-reactive ketones (excluding diaryl/α,β-unsaturated/α-hetero) is 1. The first-order valence-electron chi connectivity index (χ1n) is 12.2. The predicted octanol–water partition coefficient (Wildman–Crippen LogP) is 6.06. The summed E-state index contributed by atoms with van der Waals surface area (Å²) in [6, 6.07) is 14.5. The van der Waals surface area contributed by atoms with Gasteiger partial charge in [-0.25, -0.2) is 4.98 Å². The fourth-order valence-corrected chi connectivity index (χ4v) is 4.44. The summed E-state index contributed by atoms with van der Waals surface area (Å²) in [5, 5.41) is 5.73. The van der Waals surface area contributed by atoms with Crippen LogP contribution in [0.25, 0.3) is 0 Å². The number of nitrogens with zero attached hydrogens (tertiary/aromatic N) is 1. The molecule has 3 aromatic rings. The van der Waals surface area contributed by atoms with Gasteiger partial charge < -0.3 is 15.4 Å². The number of anilines is 2. The molecule has 4 rings (SSSR count). The molecule has 1 amide bonds. The molecule has 0 aliphatic carbocycles. The molecule has 1 saturated heterocycles. The first-order chi connectivity index (χ1) is 18.2. The Labute approximate surface area is 217 Å². The van der Waals surface area contributed by atoms with Crippen LogP contribution in [0.1, 0.15) is 47.2 Å². The van der Waals surface area contributed by atoms with E-state index < -0.39 is 23.1 Å². The molecule has 1 atom stereocenters. The van der Waals surface area contributed by atoms with Crippen LogP contribution in [0.2, 0.25) is 0 Å². The quantitative estimate of drug-likeness (QED) is 0.190. The van der Waals surface area contributed by atoms with Crippen molar-refractivity contribution in [1.29, 1.82) is 0 Å². The zero-order valence-electron chi connectivity index (χ0n) is 20.5. The van der Waals surface area contributed by atoms with Gasteiger partial charge >= 0.3 is 6.18 Å². The van der Waals surface area contributed by atoms with Crippen molar-refractivity contribution in [3.63, 3.8) is 0 Å². The normalized spacial score (nSPS) is 17.3. The number of rotatable bonds is 10. The van der Waals surface area contributed by atoms with Gasteiger partial charge in [0.1, 0.15) is 0 Å².